The van der Waals surface area contributed by atoms with E-state index in [1.807, 2.05) is 48.7 Å². The second-order valence-electron chi connectivity index (χ2n) is 8.93. The highest BCUT2D eigenvalue weighted by Crippen LogP contribution is 2.25. The number of phenols is 1. The molecule has 0 bridgehead atoms. The smallest absolute Gasteiger partial charge is 0.227 e. The summed E-state index contributed by atoms with van der Waals surface area (Å²) in [5, 5.41) is 27.1. The third-order valence-corrected chi connectivity index (χ3v) is 5.75. The fraction of sp³-hybridized carbons (Fsp3) is 0.320. The molecule has 0 saturated carbocycles. The van der Waals surface area contributed by atoms with Gasteiger partial charge in [-0.05, 0) is 39.3 Å². The number of nitrogens with zero attached hydrogens (tertiary/aromatic N) is 4. The van der Waals surface area contributed by atoms with Crippen LogP contribution < -0.4 is 10.6 Å². The highest BCUT2D eigenvalue weighted by atomic mass is 16.3. The summed E-state index contributed by atoms with van der Waals surface area (Å²) in [5.41, 5.74) is 3.32. The van der Waals surface area contributed by atoms with Crippen LogP contribution in [-0.2, 0) is 13.1 Å². The van der Waals surface area contributed by atoms with Crippen LogP contribution in [0.2, 0.25) is 0 Å². The zero-order valence-electron chi connectivity index (χ0n) is 19.4. The Morgan fingerprint density at radius 1 is 1.09 bits per heavy atom. The third kappa shape index (κ3) is 5.23. The van der Waals surface area contributed by atoms with Gasteiger partial charge in [0.15, 0.2) is 17.0 Å². The SMILES string of the molecule is Cc1ccc(O)c(CNc2nc(NC(C)C(C)(C)O)nc3c2ncn3Cc2ccccc2)c1. The first-order chi connectivity index (χ1) is 15.7. The number of phenolic OH excluding ortho intramolecular Hbond substituents is 1. The molecule has 8 nitrogen and oxygen atoms in total. The lowest BCUT2D eigenvalue weighted by Gasteiger charge is -2.26. The van der Waals surface area contributed by atoms with Crippen molar-refractivity contribution in [2.45, 2.75) is 52.4 Å². The molecule has 33 heavy (non-hydrogen) atoms. The van der Waals surface area contributed by atoms with Crippen LogP contribution >= 0.6 is 0 Å². The molecule has 1 unspecified atom stereocenters. The Morgan fingerprint density at radius 2 is 1.85 bits per heavy atom. The van der Waals surface area contributed by atoms with Crippen molar-refractivity contribution in [1.82, 2.24) is 19.5 Å². The van der Waals surface area contributed by atoms with Gasteiger partial charge in [0.1, 0.15) is 5.75 Å². The molecule has 0 aliphatic rings. The predicted molar refractivity (Wildman–Crippen MR) is 130 cm³/mol. The topological polar surface area (TPSA) is 108 Å². The van der Waals surface area contributed by atoms with Gasteiger partial charge < -0.3 is 25.4 Å². The lowest BCUT2D eigenvalue weighted by atomic mass is 10.0. The Kier molecular flexibility index (Phi) is 6.20. The lowest BCUT2D eigenvalue weighted by molar-refractivity contribution is 0.0646. The van der Waals surface area contributed by atoms with E-state index >= 15 is 0 Å². The summed E-state index contributed by atoms with van der Waals surface area (Å²) in [7, 11) is 0. The number of nitrogens with one attached hydrogen (secondary N) is 2. The molecule has 0 spiro atoms. The number of aromatic hydroxyl groups is 1. The third-order valence-electron chi connectivity index (χ3n) is 5.75. The average molecular weight is 447 g/mol. The molecule has 172 valence electrons. The van der Waals surface area contributed by atoms with Crippen molar-refractivity contribution in [2.75, 3.05) is 10.6 Å². The number of hydrogen-bond donors (Lipinski definition) is 4. The number of rotatable bonds is 8. The molecule has 8 heteroatoms. The quantitative estimate of drug-likeness (QED) is 0.323. The minimum Gasteiger partial charge on any atom is -0.508 e. The molecule has 0 saturated heterocycles. The molecule has 2 aromatic heterocycles. The van der Waals surface area contributed by atoms with Crippen LogP contribution in [0.15, 0.2) is 54.9 Å². The molecule has 4 N–H and O–H groups in total. The second-order valence-corrected chi connectivity index (χ2v) is 8.93. The van der Waals surface area contributed by atoms with Crippen molar-refractivity contribution >= 4 is 22.9 Å². The Hall–Kier alpha value is -3.65. The van der Waals surface area contributed by atoms with Crippen molar-refractivity contribution in [3.63, 3.8) is 0 Å². The Labute approximate surface area is 193 Å². The number of aryl methyl sites for hydroxylation is 1. The van der Waals surface area contributed by atoms with Crippen molar-refractivity contribution in [2.24, 2.45) is 0 Å². The zero-order valence-corrected chi connectivity index (χ0v) is 19.4. The number of fused-ring (bicyclic) bond motifs is 1. The van der Waals surface area contributed by atoms with Gasteiger partial charge in [0.2, 0.25) is 5.95 Å². The standard InChI is InChI=1S/C25H30N6O2/c1-16-10-11-20(32)19(12-16)13-26-22-21-23(30-24(29-22)28-17(2)25(3,4)33)31(15-27-21)14-18-8-6-5-7-9-18/h5-12,15,17,32-33H,13-14H2,1-4H3,(H2,26,28,29,30). The predicted octanol–water partition coefficient (Wildman–Crippen LogP) is 4.07. The number of aliphatic hydroxyl groups is 1. The van der Waals surface area contributed by atoms with Gasteiger partial charge in [-0.15, -0.1) is 0 Å². The zero-order chi connectivity index (χ0) is 23.6. The summed E-state index contributed by atoms with van der Waals surface area (Å²) in [6, 6.07) is 15.3. The van der Waals surface area contributed by atoms with Crippen LogP contribution in [0.4, 0.5) is 11.8 Å². The van der Waals surface area contributed by atoms with Crippen LogP contribution in [-0.4, -0.2) is 41.4 Å². The van der Waals surface area contributed by atoms with E-state index in [9.17, 15) is 10.2 Å². The number of hydrogen-bond acceptors (Lipinski definition) is 7. The molecule has 0 aliphatic carbocycles. The van der Waals surface area contributed by atoms with E-state index in [1.54, 1.807) is 26.2 Å². The summed E-state index contributed by atoms with van der Waals surface area (Å²) in [5.74, 6) is 1.17. The van der Waals surface area contributed by atoms with Crippen LogP contribution in [0.3, 0.4) is 0 Å². The molecule has 1 atom stereocenters. The largest absolute Gasteiger partial charge is 0.508 e. The molecule has 0 radical (unpaired) electrons. The van der Waals surface area contributed by atoms with Crippen LogP contribution in [0.1, 0.15) is 37.5 Å². The van der Waals surface area contributed by atoms with Crippen molar-refractivity contribution in [3.05, 3.63) is 71.5 Å². The van der Waals surface area contributed by atoms with E-state index in [-0.39, 0.29) is 11.8 Å². The van der Waals surface area contributed by atoms with Crippen molar-refractivity contribution in [1.29, 1.82) is 0 Å². The molecule has 0 fully saturated rings. The van der Waals surface area contributed by atoms with Gasteiger partial charge in [-0.25, -0.2) is 4.98 Å². The minimum atomic E-state index is -0.955. The van der Waals surface area contributed by atoms with E-state index in [0.29, 0.717) is 36.0 Å². The molecule has 2 aromatic carbocycles. The summed E-state index contributed by atoms with van der Waals surface area (Å²) < 4.78 is 1.97. The van der Waals surface area contributed by atoms with Gasteiger partial charge in [-0.3, -0.25) is 0 Å². The van der Waals surface area contributed by atoms with Crippen LogP contribution in [0.25, 0.3) is 11.2 Å². The number of anilines is 2. The van der Waals surface area contributed by atoms with E-state index in [2.05, 4.69) is 32.7 Å². The minimum absolute atomic E-state index is 0.224. The van der Waals surface area contributed by atoms with Gasteiger partial charge >= 0.3 is 0 Å². The van der Waals surface area contributed by atoms with Gasteiger partial charge in [0.05, 0.1) is 24.5 Å². The monoisotopic (exact) mass is 446 g/mol. The first-order valence-electron chi connectivity index (χ1n) is 11.0. The fourth-order valence-corrected chi connectivity index (χ4v) is 3.43. The molecule has 0 amide bonds. The summed E-state index contributed by atoms with van der Waals surface area (Å²) >= 11 is 0. The molecule has 0 aliphatic heterocycles. The van der Waals surface area contributed by atoms with E-state index in [4.69, 9.17) is 4.98 Å². The lowest BCUT2D eigenvalue weighted by Crippen LogP contribution is -2.39. The van der Waals surface area contributed by atoms with Crippen molar-refractivity contribution < 1.29 is 10.2 Å². The highest BCUT2D eigenvalue weighted by Gasteiger charge is 2.24. The maximum Gasteiger partial charge on any atom is 0.227 e. The van der Waals surface area contributed by atoms with Gasteiger partial charge in [-0.1, -0.05) is 48.0 Å². The fourth-order valence-electron chi connectivity index (χ4n) is 3.43. The molecule has 4 aromatic rings. The summed E-state index contributed by atoms with van der Waals surface area (Å²) in [4.78, 5) is 13.9. The van der Waals surface area contributed by atoms with E-state index < -0.39 is 5.60 Å². The Morgan fingerprint density at radius 3 is 2.58 bits per heavy atom. The van der Waals surface area contributed by atoms with Gasteiger partial charge in [0, 0.05) is 12.1 Å². The normalized spacial score (nSPS) is 12.6. The van der Waals surface area contributed by atoms with E-state index in [0.717, 1.165) is 16.7 Å². The molecule has 4 rings (SSSR count). The average Bonchev–Trinajstić information content (AvgIpc) is 3.17. The first-order valence-corrected chi connectivity index (χ1v) is 11.0. The number of benzene rings is 2. The van der Waals surface area contributed by atoms with Crippen LogP contribution in [0.5, 0.6) is 5.75 Å². The Balaban J connectivity index is 1.71. The summed E-state index contributed by atoms with van der Waals surface area (Å²) in [6.45, 7) is 8.34. The Bertz CT molecular complexity index is 1250. The first kappa shape index (κ1) is 22.5. The van der Waals surface area contributed by atoms with E-state index in [1.165, 1.54) is 0 Å². The van der Waals surface area contributed by atoms with Gasteiger partial charge in [-0.2, -0.15) is 9.97 Å². The molecule has 2 heterocycles. The second kappa shape index (κ2) is 9.07. The van der Waals surface area contributed by atoms with Crippen molar-refractivity contribution in [3.8, 4) is 5.75 Å². The maximum absolute atomic E-state index is 10.4. The maximum atomic E-state index is 10.4. The number of aromatic nitrogens is 4. The highest BCUT2D eigenvalue weighted by molar-refractivity contribution is 5.84. The van der Waals surface area contributed by atoms with Crippen LogP contribution in [0, 0.1) is 6.92 Å². The van der Waals surface area contributed by atoms with Gasteiger partial charge in [0.25, 0.3) is 0 Å². The molecular formula is C25H30N6O2. The summed E-state index contributed by atoms with van der Waals surface area (Å²) in [6.07, 6.45) is 1.75. The number of imidazole rings is 1. The molecular weight excluding hydrogens is 416 g/mol.